The lowest BCUT2D eigenvalue weighted by Crippen LogP contribution is -2.41. The second kappa shape index (κ2) is 7.40. The second-order valence-electron chi connectivity index (χ2n) is 7.11. The van der Waals surface area contributed by atoms with Crippen LogP contribution in [0.15, 0.2) is 28.0 Å². The van der Waals surface area contributed by atoms with Gasteiger partial charge in [0.2, 0.25) is 9.84 Å². The van der Waals surface area contributed by atoms with E-state index in [9.17, 15) is 12.8 Å². The van der Waals surface area contributed by atoms with Gasteiger partial charge in [0, 0.05) is 19.2 Å². The molecule has 0 radical (unpaired) electrons. The first kappa shape index (κ1) is 20.4. The number of H-pyrrole nitrogens is 1. The number of nitrogens with one attached hydrogen (secondary N) is 1. The molecule has 1 aliphatic heterocycles. The Bertz CT molecular complexity index is 1230. The Hall–Kier alpha value is -2.92. The molecule has 1 fully saturated rings. The summed E-state index contributed by atoms with van der Waals surface area (Å²) in [5, 5.41) is 0. The molecule has 3 N–H and O–H groups in total. The predicted octanol–water partition coefficient (Wildman–Crippen LogP) is 2.05. The van der Waals surface area contributed by atoms with Crippen LogP contribution in [-0.4, -0.2) is 56.3 Å². The molecule has 2 aromatic heterocycles. The van der Waals surface area contributed by atoms with E-state index in [2.05, 4.69) is 15.0 Å². The van der Waals surface area contributed by atoms with Crippen LogP contribution < -0.4 is 15.4 Å². The normalized spacial score (nSPS) is 17.5. The smallest absolute Gasteiger partial charge is 0.215 e. The number of rotatable bonds is 4. The summed E-state index contributed by atoms with van der Waals surface area (Å²) in [4.78, 5) is 12.9. The van der Waals surface area contributed by atoms with Gasteiger partial charge in [-0.15, -0.1) is 0 Å². The second-order valence-corrected chi connectivity index (χ2v) is 8.97. The first-order chi connectivity index (χ1) is 14.2. The topological polar surface area (TPSA) is 123 Å². The summed E-state index contributed by atoms with van der Waals surface area (Å²) in [6.07, 6.45) is -0.00650. The lowest BCUT2D eigenvalue weighted by atomic mass is 10.3. The van der Waals surface area contributed by atoms with E-state index in [1.807, 2.05) is 11.8 Å². The summed E-state index contributed by atoms with van der Waals surface area (Å²) in [7, 11) is -2.93. The highest BCUT2D eigenvalue weighted by Gasteiger charge is 2.32. The molecule has 1 saturated heterocycles. The van der Waals surface area contributed by atoms with Crippen molar-refractivity contribution in [3.05, 3.63) is 29.8 Å². The molecule has 9 nitrogen and oxygen atoms in total. The zero-order chi connectivity index (χ0) is 21.6. The minimum atomic E-state index is -4.30. The Balaban J connectivity index is 1.91. The van der Waals surface area contributed by atoms with Crippen LogP contribution in [0.4, 0.5) is 16.0 Å². The number of nitrogens with zero attached hydrogens (tertiary/aromatic N) is 3. The highest BCUT2D eigenvalue weighted by molar-refractivity contribution is 7.92. The van der Waals surface area contributed by atoms with Crippen LogP contribution in [0.5, 0.6) is 5.75 Å². The van der Waals surface area contributed by atoms with Crippen molar-refractivity contribution in [2.45, 2.75) is 29.7 Å². The summed E-state index contributed by atoms with van der Waals surface area (Å²) in [6.45, 7) is 5.30. The maximum atomic E-state index is 14.6. The molecule has 0 spiro atoms. The van der Waals surface area contributed by atoms with Crippen molar-refractivity contribution in [2.24, 2.45) is 0 Å². The molecular weight excluding hydrogens is 413 g/mol. The number of hydrogen-bond acceptors (Lipinski definition) is 8. The standard InChI is InChI=1S/C19H22FN5O4S/c1-10-9-25(6-7-29-10)19-16-15(22-11(2)23-19)17(18(21)24-16)30(26,27)14-5-4-12(28-3)8-13(14)20/h4-5,8,10,24H,6-7,9,21H2,1-3H3/t10-/m0/s1. The van der Waals surface area contributed by atoms with E-state index in [1.165, 1.54) is 13.2 Å². The van der Waals surface area contributed by atoms with E-state index < -0.39 is 20.5 Å². The van der Waals surface area contributed by atoms with Gasteiger partial charge in [-0.3, -0.25) is 0 Å². The van der Waals surface area contributed by atoms with Gasteiger partial charge in [0.1, 0.15) is 44.0 Å². The molecule has 0 unspecified atom stereocenters. The van der Waals surface area contributed by atoms with Crippen molar-refractivity contribution < 1.29 is 22.3 Å². The molecule has 4 rings (SSSR count). The highest BCUT2D eigenvalue weighted by Crippen LogP contribution is 2.37. The molecule has 1 aliphatic rings. The largest absolute Gasteiger partial charge is 0.497 e. The SMILES string of the molecule is COc1ccc(S(=O)(=O)c2c(N)[nH]c3c(N4CCO[C@@H](C)C4)nc(C)nc23)c(F)c1. The number of aromatic nitrogens is 3. The lowest BCUT2D eigenvalue weighted by molar-refractivity contribution is 0.0530. The zero-order valence-corrected chi connectivity index (χ0v) is 17.6. The van der Waals surface area contributed by atoms with Crippen molar-refractivity contribution >= 4 is 32.5 Å². The molecule has 3 heterocycles. The van der Waals surface area contributed by atoms with Crippen molar-refractivity contribution in [3.63, 3.8) is 0 Å². The molecule has 11 heteroatoms. The summed E-state index contributed by atoms with van der Waals surface area (Å²) in [6, 6.07) is 3.54. The van der Waals surface area contributed by atoms with Crippen molar-refractivity contribution in [1.82, 2.24) is 15.0 Å². The van der Waals surface area contributed by atoms with Gasteiger partial charge in [0.15, 0.2) is 5.82 Å². The van der Waals surface area contributed by atoms with Crippen LogP contribution in [0.2, 0.25) is 0 Å². The fraction of sp³-hybridized carbons (Fsp3) is 0.368. The third kappa shape index (κ3) is 3.33. The maximum absolute atomic E-state index is 14.6. The average Bonchev–Trinajstić information content (AvgIpc) is 3.03. The maximum Gasteiger partial charge on any atom is 0.215 e. The number of sulfone groups is 1. The van der Waals surface area contributed by atoms with Gasteiger partial charge in [0.25, 0.3) is 0 Å². The number of aromatic amines is 1. The van der Waals surface area contributed by atoms with E-state index in [0.717, 1.165) is 12.1 Å². The fourth-order valence-corrected chi connectivity index (χ4v) is 5.13. The molecule has 1 atom stereocenters. The average molecular weight is 435 g/mol. The van der Waals surface area contributed by atoms with E-state index in [-0.39, 0.29) is 28.1 Å². The Morgan fingerprint density at radius 2 is 2.13 bits per heavy atom. The number of benzene rings is 1. The molecular formula is C19H22FN5O4S. The van der Waals surface area contributed by atoms with Gasteiger partial charge >= 0.3 is 0 Å². The van der Waals surface area contributed by atoms with Crippen molar-refractivity contribution in [2.75, 3.05) is 37.4 Å². The summed E-state index contributed by atoms with van der Waals surface area (Å²) < 4.78 is 51.8. The summed E-state index contributed by atoms with van der Waals surface area (Å²) >= 11 is 0. The highest BCUT2D eigenvalue weighted by atomic mass is 32.2. The van der Waals surface area contributed by atoms with Gasteiger partial charge in [-0.25, -0.2) is 22.8 Å². The van der Waals surface area contributed by atoms with Crippen LogP contribution in [-0.2, 0) is 14.6 Å². The van der Waals surface area contributed by atoms with Crippen LogP contribution >= 0.6 is 0 Å². The number of fused-ring (bicyclic) bond motifs is 1. The number of aryl methyl sites for hydroxylation is 1. The minimum absolute atomic E-state index is 0.00650. The van der Waals surface area contributed by atoms with Crippen molar-refractivity contribution in [3.8, 4) is 5.75 Å². The first-order valence-electron chi connectivity index (χ1n) is 9.33. The van der Waals surface area contributed by atoms with E-state index in [4.69, 9.17) is 15.2 Å². The van der Waals surface area contributed by atoms with Gasteiger partial charge in [0.05, 0.1) is 19.8 Å². The molecule has 30 heavy (non-hydrogen) atoms. The molecule has 0 aliphatic carbocycles. The number of methoxy groups -OCH3 is 1. The van der Waals surface area contributed by atoms with Gasteiger partial charge in [-0.05, 0) is 26.0 Å². The number of ether oxygens (including phenoxy) is 2. The van der Waals surface area contributed by atoms with Crippen LogP contribution in [0, 0.1) is 12.7 Å². The number of anilines is 2. The molecule has 160 valence electrons. The van der Waals surface area contributed by atoms with Gasteiger partial charge in [-0.1, -0.05) is 0 Å². The number of halogens is 1. The van der Waals surface area contributed by atoms with E-state index in [1.54, 1.807) is 6.92 Å². The zero-order valence-electron chi connectivity index (χ0n) is 16.8. The number of morpholine rings is 1. The third-order valence-corrected chi connectivity index (χ3v) is 6.82. The fourth-order valence-electron chi connectivity index (χ4n) is 3.60. The predicted molar refractivity (Wildman–Crippen MR) is 109 cm³/mol. The van der Waals surface area contributed by atoms with E-state index >= 15 is 0 Å². The minimum Gasteiger partial charge on any atom is -0.497 e. The Kier molecular flexibility index (Phi) is 5.02. The number of hydrogen-bond donors (Lipinski definition) is 2. The molecule has 0 saturated carbocycles. The quantitative estimate of drug-likeness (QED) is 0.638. The monoisotopic (exact) mass is 435 g/mol. The van der Waals surface area contributed by atoms with Crippen molar-refractivity contribution in [1.29, 1.82) is 0 Å². The lowest BCUT2D eigenvalue weighted by Gasteiger charge is -2.32. The number of nitrogen functional groups attached to an aromatic ring is 1. The molecule has 1 aromatic carbocycles. The Morgan fingerprint density at radius 3 is 2.80 bits per heavy atom. The van der Waals surface area contributed by atoms with Crippen LogP contribution in [0.25, 0.3) is 11.0 Å². The third-order valence-electron chi connectivity index (χ3n) is 4.96. The molecule has 3 aromatic rings. The first-order valence-corrected chi connectivity index (χ1v) is 10.8. The number of nitrogens with two attached hydrogens (primary N) is 1. The molecule has 0 bridgehead atoms. The van der Waals surface area contributed by atoms with Crippen LogP contribution in [0.1, 0.15) is 12.7 Å². The van der Waals surface area contributed by atoms with Gasteiger partial charge < -0.3 is 25.1 Å². The Morgan fingerprint density at radius 1 is 1.37 bits per heavy atom. The summed E-state index contributed by atoms with van der Waals surface area (Å²) in [5.74, 6) is 0.0670. The molecule has 0 amide bonds. The Labute approximate surface area is 172 Å². The van der Waals surface area contributed by atoms with E-state index in [0.29, 0.717) is 36.9 Å². The van der Waals surface area contributed by atoms with Crippen LogP contribution in [0.3, 0.4) is 0 Å². The summed E-state index contributed by atoms with van der Waals surface area (Å²) in [5.41, 5.74) is 6.58. The van der Waals surface area contributed by atoms with Gasteiger partial charge in [-0.2, -0.15) is 0 Å².